The summed E-state index contributed by atoms with van der Waals surface area (Å²) in [6.07, 6.45) is 2.85. The molecule has 2 aromatic carbocycles. The number of aromatic nitrogens is 5. The topological polar surface area (TPSA) is 75.5 Å². The summed E-state index contributed by atoms with van der Waals surface area (Å²) in [7, 11) is 4.74. The number of hydrogen-bond acceptors (Lipinski definition) is 4. The molecule has 5 aromatic rings. The molecule has 0 radical (unpaired) electrons. The van der Waals surface area contributed by atoms with Crippen molar-refractivity contribution in [2.45, 2.75) is 20.3 Å². The van der Waals surface area contributed by atoms with Gasteiger partial charge in [-0.25, -0.2) is 4.79 Å². The minimum absolute atomic E-state index is 0.339. The summed E-state index contributed by atoms with van der Waals surface area (Å²) < 4.78 is 12.0. The number of methoxy groups -OCH3 is 1. The van der Waals surface area contributed by atoms with Crippen molar-refractivity contribution >= 4 is 16.9 Å². The van der Waals surface area contributed by atoms with Gasteiger partial charge in [0.15, 0.2) is 11.2 Å². The molecule has 168 valence electrons. The molecular weight excluding hydrogens is 418 g/mol. The second kappa shape index (κ2) is 7.51. The first-order valence-corrected chi connectivity index (χ1v) is 10.8. The van der Waals surface area contributed by atoms with Crippen molar-refractivity contribution in [2.24, 2.45) is 14.1 Å². The van der Waals surface area contributed by atoms with Crippen LogP contribution < -0.4 is 16.0 Å². The van der Waals surface area contributed by atoms with Gasteiger partial charge < -0.3 is 4.74 Å². The molecule has 0 aliphatic carbocycles. The summed E-state index contributed by atoms with van der Waals surface area (Å²) in [5.74, 6) is 1.22. The van der Waals surface area contributed by atoms with E-state index in [9.17, 15) is 9.59 Å². The van der Waals surface area contributed by atoms with Crippen LogP contribution in [0.5, 0.6) is 5.75 Å². The third-order valence-electron chi connectivity index (χ3n) is 6.20. The normalized spacial score (nSPS) is 11.5. The van der Waals surface area contributed by atoms with Crippen molar-refractivity contribution in [3.05, 3.63) is 80.6 Å². The molecule has 0 saturated carbocycles. The van der Waals surface area contributed by atoms with E-state index < -0.39 is 5.69 Å². The summed E-state index contributed by atoms with van der Waals surface area (Å²) in [6.45, 7) is 4.13. The van der Waals surface area contributed by atoms with Gasteiger partial charge in [-0.1, -0.05) is 37.3 Å². The van der Waals surface area contributed by atoms with Crippen molar-refractivity contribution in [2.75, 3.05) is 7.11 Å². The summed E-state index contributed by atoms with van der Waals surface area (Å²) in [6, 6.07) is 14.3. The van der Waals surface area contributed by atoms with Gasteiger partial charge in [0.05, 0.1) is 18.5 Å². The van der Waals surface area contributed by atoms with E-state index in [1.54, 1.807) is 18.6 Å². The molecule has 0 unspecified atom stereocenters. The lowest BCUT2D eigenvalue weighted by Crippen LogP contribution is -2.37. The number of fused-ring (bicyclic) bond motifs is 3. The highest BCUT2D eigenvalue weighted by Crippen LogP contribution is 2.33. The number of imidazole rings is 2. The van der Waals surface area contributed by atoms with E-state index in [-0.39, 0.29) is 5.56 Å². The standard InChI is InChI=1S/C25H25N5O3/c1-6-16-8-10-17(11-9-16)19-14-29-21-22(27(3)25(32)28(4)23(21)31)26-24(29)30(19)18-12-7-15(2)13-20(18)33-5/h7-14H,6H2,1-5H3. The first-order valence-electron chi connectivity index (χ1n) is 10.8. The van der Waals surface area contributed by atoms with Gasteiger partial charge in [0.25, 0.3) is 5.56 Å². The van der Waals surface area contributed by atoms with Crippen LogP contribution in [0.25, 0.3) is 33.9 Å². The zero-order valence-electron chi connectivity index (χ0n) is 19.3. The Morgan fingerprint density at radius 3 is 2.39 bits per heavy atom. The molecule has 0 atom stereocenters. The minimum Gasteiger partial charge on any atom is -0.495 e. The van der Waals surface area contributed by atoms with Gasteiger partial charge in [0.1, 0.15) is 5.75 Å². The summed E-state index contributed by atoms with van der Waals surface area (Å²) >= 11 is 0. The van der Waals surface area contributed by atoms with Gasteiger partial charge in [0.2, 0.25) is 5.78 Å². The molecule has 0 fully saturated rings. The van der Waals surface area contributed by atoms with Gasteiger partial charge in [-0.2, -0.15) is 4.98 Å². The van der Waals surface area contributed by atoms with Gasteiger partial charge in [-0.3, -0.25) is 22.9 Å². The van der Waals surface area contributed by atoms with E-state index in [0.29, 0.717) is 22.7 Å². The third-order valence-corrected chi connectivity index (χ3v) is 6.20. The number of hydrogen-bond donors (Lipinski definition) is 0. The Labute approximate surface area is 189 Å². The lowest BCUT2D eigenvalue weighted by atomic mass is 10.1. The van der Waals surface area contributed by atoms with E-state index in [2.05, 4.69) is 31.2 Å². The minimum atomic E-state index is -0.414. The predicted octanol–water partition coefficient (Wildman–Crippen LogP) is 3.22. The third kappa shape index (κ3) is 3.01. The highest BCUT2D eigenvalue weighted by molar-refractivity contribution is 5.80. The molecule has 0 amide bonds. The van der Waals surface area contributed by atoms with E-state index >= 15 is 0 Å². The van der Waals surface area contributed by atoms with Crippen LogP contribution in [0.2, 0.25) is 0 Å². The fourth-order valence-electron chi connectivity index (χ4n) is 4.29. The van der Waals surface area contributed by atoms with Crippen molar-refractivity contribution in [1.82, 2.24) is 23.1 Å². The summed E-state index contributed by atoms with van der Waals surface area (Å²) in [4.78, 5) is 30.3. The lowest BCUT2D eigenvalue weighted by Gasteiger charge is -2.14. The predicted molar refractivity (Wildman–Crippen MR) is 129 cm³/mol. The maximum Gasteiger partial charge on any atom is 0.332 e. The molecule has 33 heavy (non-hydrogen) atoms. The van der Waals surface area contributed by atoms with E-state index in [1.165, 1.54) is 17.2 Å². The Balaban J connectivity index is 1.95. The van der Waals surface area contributed by atoms with Crippen LogP contribution in [-0.4, -0.2) is 30.2 Å². The fourth-order valence-corrected chi connectivity index (χ4v) is 4.29. The number of benzene rings is 2. The van der Waals surface area contributed by atoms with E-state index in [0.717, 1.165) is 33.5 Å². The number of nitrogens with zero attached hydrogens (tertiary/aromatic N) is 5. The fraction of sp³-hybridized carbons (Fsp3) is 0.240. The molecule has 3 aromatic heterocycles. The smallest absolute Gasteiger partial charge is 0.332 e. The zero-order chi connectivity index (χ0) is 23.4. The Kier molecular flexibility index (Phi) is 4.74. The molecule has 8 heteroatoms. The Hall–Kier alpha value is -4.07. The van der Waals surface area contributed by atoms with E-state index in [4.69, 9.17) is 9.72 Å². The van der Waals surface area contributed by atoms with Gasteiger partial charge in [0, 0.05) is 25.9 Å². The second-order valence-corrected chi connectivity index (χ2v) is 8.24. The van der Waals surface area contributed by atoms with Crippen molar-refractivity contribution in [3.8, 4) is 22.7 Å². The molecule has 0 N–H and O–H groups in total. The average Bonchev–Trinajstić information content (AvgIpc) is 3.38. The number of aryl methyl sites for hydroxylation is 3. The second-order valence-electron chi connectivity index (χ2n) is 8.24. The first kappa shape index (κ1) is 20.8. The Bertz CT molecular complexity index is 1650. The van der Waals surface area contributed by atoms with E-state index in [1.807, 2.05) is 35.9 Å². The van der Waals surface area contributed by atoms with Crippen LogP contribution >= 0.6 is 0 Å². The molecule has 5 rings (SSSR count). The van der Waals surface area contributed by atoms with Crippen molar-refractivity contribution < 1.29 is 4.74 Å². The monoisotopic (exact) mass is 443 g/mol. The molecule has 0 aliphatic heterocycles. The lowest BCUT2D eigenvalue weighted by molar-refractivity contribution is 0.413. The molecular formula is C25H25N5O3. The quantitative estimate of drug-likeness (QED) is 0.427. The van der Waals surface area contributed by atoms with Crippen LogP contribution in [0.1, 0.15) is 18.1 Å². The molecule has 0 saturated heterocycles. The summed E-state index contributed by atoms with van der Waals surface area (Å²) in [5.41, 5.74) is 4.84. The highest BCUT2D eigenvalue weighted by Gasteiger charge is 2.23. The maximum atomic E-state index is 13.1. The van der Waals surface area contributed by atoms with Crippen molar-refractivity contribution in [1.29, 1.82) is 0 Å². The Morgan fingerprint density at radius 1 is 1.00 bits per heavy atom. The van der Waals surface area contributed by atoms with Gasteiger partial charge >= 0.3 is 5.69 Å². The molecule has 0 aliphatic rings. The van der Waals surface area contributed by atoms with Gasteiger partial charge in [-0.05, 0) is 36.6 Å². The number of rotatable bonds is 4. The first-order chi connectivity index (χ1) is 15.8. The molecule has 0 bridgehead atoms. The van der Waals surface area contributed by atoms with Gasteiger partial charge in [-0.15, -0.1) is 0 Å². The molecule has 3 heterocycles. The zero-order valence-corrected chi connectivity index (χ0v) is 19.3. The Morgan fingerprint density at radius 2 is 1.73 bits per heavy atom. The highest BCUT2D eigenvalue weighted by atomic mass is 16.5. The van der Waals surface area contributed by atoms with Crippen LogP contribution in [0.3, 0.4) is 0 Å². The SMILES string of the molecule is CCc1ccc(-c2cn3c4c(=O)n(C)c(=O)n(C)c4nc3n2-c2ccc(C)cc2OC)cc1. The van der Waals surface area contributed by atoms with Crippen LogP contribution in [0.4, 0.5) is 0 Å². The number of ether oxygens (including phenoxy) is 1. The summed E-state index contributed by atoms with van der Waals surface area (Å²) in [5, 5.41) is 0. The van der Waals surface area contributed by atoms with Crippen LogP contribution in [-0.2, 0) is 20.5 Å². The average molecular weight is 444 g/mol. The molecule has 8 nitrogen and oxygen atoms in total. The van der Waals surface area contributed by atoms with Crippen LogP contribution in [0.15, 0.2) is 58.3 Å². The maximum absolute atomic E-state index is 13.1. The van der Waals surface area contributed by atoms with Crippen LogP contribution in [0, 0.1) is 6.92 Å². The van der Waals surface area contributed by atoms with Crippen molar-refractivity contribution in [3.63, 3.8) is 0 Å². The largest absolute Gasteiger partial charge is 0.495 e. The molecule has 0 spiro atoms.